The van der Waals surface area contributed by atoms with Crippen LogP contribution in [0.4, 0.5) is 5.69 Å². The monoisotopic (exact) mass is 333 g/mol. The molecule has 1 heterocycles. The van der Waals surface area contributed by atoms with Gasteiger partial charge in [0.15, 0.2) is 0 Å². The molecule has 1 saturated heterocycles. The number of halogens is 1. The van der Waals surface area contributed by atoms with Crippen LogP contribution < -0.4 is 5.32 Å². The standard InChI is InChI=1S/C12H16ClN3O4S/c1-14-9-4-6-15(7-5-9)21(19,20)12-3-2-10(16(17)18)8-11(12)13/h2-3,8-9,14H,4-7H2,1H3. The summed E-state index contributed by atoms with van der Waals surface area (Å²) in [5.41, 5.74) is -0.229. The van der Waals surface area contributed by atoms with Gasteiger partial charge in [-0.2, -0.15) is 4.31 Å². The Bertz CT molecular complexity index is 642. The van der Waals surface area contributed by atoms with Gasteiger partial charge in [0.25, 0.3) is 5.69 Å². The molecule has 1 aromatic rings. The van der Waals surface area contributed by atoms with Gasteiger partial charge in [-0.1, -0.05) is 11.6 Å². The molecule has 0 aliphatic carbocycles. The van der Waals surface area contributed by atoms with Crippen molar-refractivity contribution < 1.29 is 13.3 Å². The summed E-state index contributed by atoms with van der Waals surface area (Å²) in [7, 11) is -1.87. The van der Waals surface area contributed by atoms with E-state index in [9.17, 15) is 18.5 Å². The van der Waals surface area contributed by atoms with E-state index >= 15 is 0 Å². The van der Waals surface area contributed by atoms with Gasteiger partial charge in [-0.3, -0.25) is 10.1 Å². The minimum absolute atomic E-state index is 0.0855. The first-order chi connectivity index (χ1) is 9.86. The second kappa shape index (κ2) is 6.27. The molecule has 1 aromatic carbocycles. The third-order valence-corrected chi connectivity index (χ3v) is 5.99. The van der Waals surface area contributed by atoms with Crippen LogP contribution in [0, 0.1) is 10.1 Å². The Kier molecular flexibility index (Phi) is 4.82. The molecule has 21 heavy (non-hydrogen) atoms. The van der Waals surface area contributed by atoms with Gasteiger partial charge in [-0.25, -0.2) is 8.42 Å². The average Bonchev–Trinajstić information content (AvgIpc) is 2.46. The van der Waals surface area contributed by atoms with Crippen LogP contribution in [-0.2, 0) is 10.0 Å². The second-order valence-corrected chi connectivity index (χ2v) is 7.15. The summed E-state index contributed by atoms with van der Waals surface area (Å²) < 4.78 is 26.4. The van der Waals surface area contributed by atoms with Gasteiger partial charge in [0.2, 0.25) is 10.0 Å². The third kappa shape index (κ3) is 3.34. The van der Waals surface area contributed by atoms with Crippen molar-refractivity contribution in [2.24, 2.45) is 0 Å². The minimum Gasteiger partial charge on any atom is -0.317 e. The fraction of sp³-hybridized carbons (Fsp3) is 0.500. The molecule has 1 fully saturated rings. The first kappa shape index (κ1) is 16.2. The zero-order valence-corrected chi connectivity index (χ0v) is 13.0. The number of hydrogen-bond donors (Lipinski definition) is 1. The van der Waals surface area contributed by atoms with Crippen molar-refractivity contribution in [1.29, 1.82) is 0 Å². The molecule has 116 valence electrons. The molecule has 2 rings (SSSR count). The number of non-ortho nitro benzene ring substituents is 1. The van der Waals surface area contributed by atoms with Crippen LogP contribution in [0.3, 0.4) is 0 Å². The third-order valence-electron chi connectivity index (χ3n) is 3.61. The Hall–Kier alpha value is -1.22. The molecule has 0 radical (unpaired) electrons. The summed E-state index contributed by atoms with van der Waals surface area (Å²) in [6, 6.07) is 3.72. The van der Waals surface area contributed by atoms with Gasteiger partial charge in [0, 0.05) is 31.3 Å². The van der Waals surface area contributed by atoms with Crippen LogP contribution in [0.1, 0.15) is 12.8 Å². The Morgan fingerprint density at radius 1 is 1.38 bits per heavy atom. The zero-order chi connectivity index (χ0) is 15.6. The van der Waals surface area contributed by atoms with E-state index < -0.39 is 14.9 Å². The van der Waals surface area contributed by atoms with Crippen LogP contribution in [0.15, 0.2) is 23.1 Å². The number of piperidine rings is 1. The summed E-state index contributed by atoms with van der Waals surface area (Å²) in [6.45, 7) is 0.808. The zero-order valence-electron chi connectivity index (χ0n) is 11.5. The van der Waals surface area contributed by atoms with Crippen molar-refractivity contribution >= 4 is 27.3 Å². The second-order valence-electron chi connectivity index (χ2n) is 4.84. The molecule has 9 heteroatoms. The van der Waals surface area contributed by atoms with Crippen molar-refractivity contribution in [1.82, 2.24) is 9.62 Å². The molecule has 0 spiro atoms. The molecule has 0 aromatic heterocycles. The minimum atomic E-state index is -3.72. The van der Waals surface area contributed by atoms with Crippen molar-refractivity contribution in [3.05, 3.63) is 33.3 Å². The molecular formula is C12H16ClN3O4S. The van der Waals surface area contributed by atoms with E-state index in [0.717, 1.165) is 25.0 Å². The van der Waals surface area contributed by atoms with Gasteiger partial charge < -0.3 is 5.32 Å². The van der Waals surface area contributed by atoms with E-state index in [1.54, 1.807) is 0 Å². The fourth-order valence-electron chi connectivity index (χ4n) is 2.34. The van der Waals surface area contributed by atoms with Crippen molar-refractivity contribution in [3.63, 3.8) is 0 Å². The normalized spacial score (nSPS) is 17.8. The summed E-state index contributed by atoms with van der Waals surface area (Å²) >= 11 is 5.91. The summed E-state index contributed by atoms with van der Waals surface area (Å²) in [4.78, 5) is 9.97. The summed E-state index contributed by atoms with van der Waals surface area (Å²) in [6.07, 6.45) is 1.45. The van der Waals surface area contributed by atoms with Crippen LogP contribution in [-0.4, -0.2) is 43.8 Å². The number of nitro benzene ring substituents is 1. The SMILES string of the molecule is CNC1CCN(S(=O)(=O)c2ccc([N+](=O)[O-])cc2Cl)CC1. The summed E-state index contributed by atoms with van der Waals surface area (Å²) in [5, 5.41) is 13.7. The number of hydrogen-bond acceptors (Lipinski definition) is 5. The molecule has 0 atom stereocenters. The number of nitrogens with zero attached hydrogens (tertiary/aromatic N) is 2. The van der Waals surface area contributed by atoms with E-state index in [1.807, 2.05) is 7.05 Å². The molecule has 7 nitrogen and oxygen atoms in total. The lowest BCUT2D eigenvalue weighted by atomic mass is 10.1. The van der Waals surface area contributed by atoms with Crippen LogP contribution >= 0.6 is 11.6 Å². The highest BCUT2D eigenvalue weighted by Crippen LogP contribution is 2.29. The first-order valence-electron chi connectivity index (χ1n) is 6.47. The van der Waals surface area contributed by atoms with Crippen LogP contribution in [0.2, 0.25) is 5.02 Å². The molecule has 0 amide bonds. The van der Waals surface area contributed by atoms with E-state index in [2.05, 4.69) is 5.32 Å². The maximum atomic E-state index is 12.5. The quantitative estimate of drug-likeness (QED) is 0.667. The molecule has 1 N–H and O–H groups in total. The summed E-state index contributed by atoms with van der Waals surface area (Å²) in [5.74, 6) is 0. The van der Waals surface area contributed by atoms with E-state index in [1.165, 1.54) is 10.4 Å². The molecule has 0 unspecified atom stereocenters. The first-order valence-corrected chi connectivity index (χ1v) is 8.29. The largest absolute Gasteiger partial charge is 0.317 e. The average molecular weight is 334 g/mol. The Morgan fingerprint density at radius 2 is 2.00 bits per heavy atom. The lowest BCUT2D eigenvalue weighted by Crippen LogP contribution is -2.43. The van der Waals surface area contributed by atoms with Gasteiger partial charge in [0.1, 0.15) is 4.90 Å². The number of sulfonamides is 1. The fourth-order valence-corrected chi connectivity index (χ4v) is 4.32. The smallest absolute Gasteiger partial charge is 0.271 e. The van der Waals surface area contributed by atoms with Crippen LogP contribution in [0.25, 0.3) is 0 Å². The van der Waals surface area contributed by atoms with Gasteiger partial charge in [-0.05, 0) is 26.0 Å². The highest BCUT2D eigenvalue weighted by molar-refractivity contribution is 7.89. The highest BCUT2D eigenvalue weighted by Gasteiger charge is 2.31. The maximum Gasteiger partial charge on any atom is 0.271 e. The van der Waals surface area contributed by atoms with Crippen molar-refractivity contribution in [2.45, 2.75) is 23.8 Å². The number of benzene rings is 1. The number of nitro groups is 1. The van der Waals surface area contributed by atoms with E-state index in [0.29, 0.717) is 19.1 Å². The van der Waals surface area contributed by atoms with Crippen molar-refractivity contribution in [2.75, 3.05) is 20.1 Å². The molecular weight excluding hydrogens is 318 g/mol. The van der Waals surface area contributed by atoms with Crippen LogP contribution in [0.5, 0.6) is 0 Å². The van der Waals surface area contributed by atoms with Gasteiger partial charge in [0.05, 0.1) is 9.95 Å². The van der Waals surface area contributed by atoms with Gasteiger partial charge >= 0.3 is 0 Å². The predicted molar refractivity (Wildman–Crippen MR) is 78.9 cm³/mol. The number of nitrogens with one attached hydrogen (secondary N) is 1. The highest BCUT2D eigenvalue weighted by atomic mass is 35.5. The Morgan fingerprint density at radius 3 is 2.48 bits per heavy atom. The lowest BCUT2D eigenvalue weighted by Gasteiger charge is -2.31. The Labute approximate surface area is 128 Å². The molecule has 1 aliphatic rings. The Balaban J connectivity index is 2.26. The van der Waals surface area contributed by atoms with E-state index in [-0.39, 0.29) is 15.6 Å². The lowest BCUT2D eigenvalue weighted by molar-refractivity contribution is -0.384. The molecule has 0 saturated carbocycles. The number of rotatable bonds is 4. The predicted octanol–water partition coefficient (Wildman–Crippen LogP) is 1.62. The molecule has 0 bridgehead atoms. The van der Waals surface area contributed by atoms with E-state index in [4.69, 9.17) is 11.6 Å². The molecule has 1 aliphatic heterocycles. The van der Waals surface area contributed by atoms with Crippen molar-refractivity contribution in [3.8, 4) is 0 Å². The maximum absolute atomic E-state index is 12.5. The van der Waals surface area contributed by atoms with Gasteiger partial charge in [-0.15, -0.1) is 0 Å². The topological polar surface area (TPSA) is 92.6 Å².